The van der Waals surface area contributed by atoms with Gasteiger partial charge >= 0.3 is 0 Å². The smallest absolute Gasteiger partial charge is 0.150 e. The molecule has 1 saturated carbocycles. The molecular weight excluding hydrogens is 216 g/mol. The van der Waals surface area contributed by atoms with Crippen molar-refractivity contribution in [1.82, 2.24) is 0 Å². The van der Waals surface area contributed by atoms with Crippen molar-refractivity contribution in [1.29, 1.82) is 0 Å². The van der Waals surface area contributed by atoms with Gasteiger partial charge in [-0.05, 0) is 31.4 Å². The van der Waals surface area contributed by atoms with E-state index in [0.29, 0.717) is 23.7 Å². The highest BCUT2D eigenvalue weighted by atomic mass is 16.5. The van der Waals surface area contributed by atoms with Gasteiger partial charge in [0.25, 0.3) is 0 Å². The summed E-state index contributed by atoms with van der Waals surface area (Å²) < 4.78 is 5.55. The fourth-order valence-electron chi connectivity index (χ4n) is 2.19. The molecule has 1 fully saturated rings. The molecule has 3 nitrogen and oxygen atoms in total. The second-order valence-electron chi connectivity index (χ2n) is 4.38. The van der Waals surface area contributed by atoms with E-state index in [1.807, 2.05) is 6.07 Å². The Morgan fingerprint density at radius 1 is 1.41 bits per heavy atom. The minimum Gasteiger partial charge on any atom is -0.494 e. The monoisotopic (exact) mass is 232 g/mol. The van der Waals surface area contributed by atoms with E-state index in [9.17, 15) is 9.59 Å². The third-order valence-corrected chi connectivity index (χ3v) is 3.16. The van der Waals surface area contributed by atoms with Crippen molar-refractivity contribution >= 4 is 12.1 Å². The van der Waals surface area contributed by atoms with E-state index in [4.69, 9.17) is 4.74 Å². The van der Waals surface area contributed by atoms with Crippen LogP contribution in [0.5, 0.6) is 5.75 Å². The summed E-state index contributed by atoms with van der Waals surface area (Å²) in [6.07, 6.45) is 4.32. The van der Waals surface area contributed by atoms with Crippen LogP contribution < -0.4 is 4.74 Å². The number of rotatable bonds is 5. The van der Waals surface area contributed by atoms with Crippen LogP contribution in [0.15, 0.2) is 24.3 Å². The normalized spacial score (nSPS) is 19.3. The van der Waals surface area contributed by atoms with Gasteiger partial charge < -0.3 is 4.74 Å². The lowest BCUT2D eigenvalue weighted by Crippen LogP contribution is -2.11. The molecule has 1 atom stereocenters. The highest BCUT2D eigenvalue weighted by Crippen LogP contribution is 2.24. The van der Waals surface area contributed by atoms with Crippen LogP contribution in [0.3, 0.4) is 0 Å². The summed E-state index contributed by atoms with van der Waals surface area (Å²) in [5.74, 6) is 1.25. The standard InChI is InChI=1S/C14H16O3/c15-10-11-3-1-5-13(9-11)17-8-7-12-4-2-6-14(12)16/h1,3,5,9-10,12H,2,4,6-8H2. The summed E-state index contributed by atoms with van der Waals surface area (Å²) >= 11 is 0. The molecule has 1 aromatic carbocycles. The number of ether oxygens (including phenoxy) is 1. The van der Waals surface area contributed by atoms with Crippen molar-refractivity contribution in [2.24, 2.45) is 5.92 Å². The Bertz CT molecular complexity index is 412. The van der Waals surface area contributed by atoms with Crippen LogP contribution in [0, 0.1) is 5.92 Å². The molecule has 0 heterocycles. The van der Waals surface area contributed by atoms with Crippen molar-refractivity contribution in [2.45, 2.75) is 25.7 Å². The first kappa shape index (κ1) is 11.8. The fraction of sp³-hybridized carbons (Fsp3) is 0.429. The van der Waals surface area contributed by atoms with Crippen LogP contribution in [0.2, 0.25) is 0 Å². The predicted molar refractivity (Wildman–Crippen MR) is 64.3 cm³/mol. The minimum atomic E-state index is 0.184. The molecule has 0 N–H and O–H groups in total. The summed E-state index contributed by atoms with van der Waals surface area (Å²) in [7, 11) is 0. The van der Waals surface area contributed by atoms with Crippen LogP contribution in [0.1, 0.15) is 36.0 Å². The van der Waals surface area contributed by atoms with Gasteiger partial charge in [-0.3, -0.25) is 9.59 Å². The molecule has 1 aliphatic carbocycles. The molecule has 0 spiro atoms. The Balaban J connectivity index is 1.81. The number of benzene rings is 1. The van der Waals surface area contributed by atoms with Gasteiger partial charge in [-0.25, -0.2) is 0 Å². The quantitative estimate of drug-likeness (QED) is 0.733. The first-order chi connectivity index (χ1) is 8.29. The van der Waals surface area contributed by atoms with Crippen LogP contribution in [0.4, 0.5) is 0 Å². The van der Waals surface area contributed by atoms with Crippen LogP contribution in [0.25, 0.3) is 0 Å². The van der Waals surface area contributed by atoms with Gasteiger partial charge in [0, 0.05) is 17.9 Å². The lowest BCUT2D eigenvalue weighted by molar-refractivity contribution is -0.121. The molecule has 3 heteroatoms. The second-order valence-corrected chi connectivity index (χ2v) is 4.38. The Kier molecular flexibility index (Phi) is 3.91. The third kappa shape index (κ3) is 3.16. The fourth-order valence-corrected chi connectivity index (χ4v) is 2.19. The molecule has 0 amide bonds. The van der Waals surface area contributed by atoms with Crippen LogP contribution in [-0.4, -0.2) is 18.7 Å². The molecule has 0 aromatic heterocycles. The van der Waals surface area contributed by atoms with Crippen molar-refractivity contribution < 1.29 is 14.3 Å². The zero-order valence-electron chi connectivity index (χ0n) is 9.72. The van der Waals surface area contributed by atoms with Crippen molar-refractivity contribution in [3.05, 3.63) is 29.8 Å². The molecule has 1 aliphatic rings. The van der Waals surface area contributed by atoms with E-state index < -0.39 is 0 Å². The van der Waals surface area contributed by atoms with Gasteiger partial charge in [0.1, 0.15) is 17.8 Å². The highest BCUT2D eigenvalue weighted by molar-refractivity contribution is 5.82. The topological polar surface area (TPSA) is 43.4 Å². The van der Waals surface area contributed by atoms with E-state index in [1.165, 1.54) is 0 Å². The number of hydrogen-bond donors (Lipinski definition) is 0. The van der Waals surface area contributed by atoms with E-state index in [2.05, 4.69) is 0 Å². The minimum absolute atomic E-state index is 0.184. The molecule has 0 aliphatic heterocycles. The van der Waals surface area contributed by atoms with Gasteiger partial charge in [-0.2, -0.15) is 0 Å². The Morgan fingerprint density at radius 2 is 2.29 bits per heavy atom. The third-order valence-electron chi connectivity index (χ3n) is 3.16. The van der Waals surface area contributed by atoms with Crippen LogP contribution in [-0.2, 0) is 4.79 Å². The maximum Gasteiger partial charge on any atom is 0.150 e. The number of hydrogen-bond acceptors (Lipinski definition) is 3. The van der Waals surface area contributed by atoms with Gasteiger partial charge in [0.15, 0.2) is 0 Å². The molecule has 0 bridgehead atoms. The average molecular weight is 232 g/mol. The zero-order chi connectivity index (χ0) is 12.1. The van der Waals surface area contributed by atoms with Gasteiger partial charge in [-0.1, -0.05) is 12.1 Å². The number of ketones is 1. The summed E-state index contributed by atoms with van der Waals surface area (Å²) in [5, 5.41) is 0. The molecule has 0 radical (unpaired) electrons. The maximum atomic E-state index is 11.4. The highest BCUT2D eigenvalue weighted by Gasteiger charge is 2.23. The zero-order valence-corrected chi connectivity index (χ0v) is 9.72. The van der Waals surface area contributed by atoms with E-state index >= 15 is 0 Å². The predicted octanol–water partition coefficient (Wildman–Crippen LogP) is 2.64. The number of carbonyl (C=O) groups excluding carboxylic acids is 2. The number of carbonyl (C=O) groups is 2. The van der Waals surface area contributed by atoms with E-state index in [1.54, 1.807) is 18.2 Å². The molecule has 17 heavy (non-hydrogen) atoms. The Hall–Kier alpha value is -1.64. The molecule has 2 rings (SSSR count). The van der Waals surface area contributed by atoms with Crippen molar-refractivity contribution in [2.75, 3.05) is 6.61 Å². The maximum absolute atomic E-state index is 11.4. The van der Waals surface area contributed by atoms with Crippen molar-refractivity contribution in [3.63, 3.8) is 0 Å². The molecular formula is C14H16O3. The van der Waals surface area contributed by atoms with Crippen LogP contribution >= 0.6 is 0 Å². The summed E-state index contributed by atoms with van der Waals surface area (Å²) in [6.45, 7) is 0.540. The largest absolute Gasteiger partial charge is 0.494 e. The molecule has 1 unspecified atom stereocenters. The first-order valence-electron chi connectivity index (χ1n) is 6.00. The number of aldehydes is 1. The lowest BCUT2D eigenvalue weighted by atomic mass is 10.0. The van der Waals surface area contributed by atoms with E-state index in [-0.39, 0.29) is 5.92 Å². The lowest BCUT2D eigenvalue weighted by Gasteiger charge is -2.09. The Labute approximate surface area is 101 Å². The molecule has 90 valence electrons. The van der Waals surface area contributed by atoms with Crippen molar-refractivity contribution in [3.8, 4) is 5.75 Å². The molecule has 0 saturated heterocycles. The summed E-state index contributed by atoms with van der Waals surface area (Å²) in [4.78, 5) is 22.0. The van der Waals surface area contributed by atoms with Gasteiger partial charge in [-0.15, -0.1) is 0 Å². The van der Waals surface area contributed by atoms with E-state index in [0.717, 1.165) is 32.0 Å². The summed E-state index contributed by atoms with van der Waals surface area (Å²) in [6, 6.07) is 7.06. The number of Topliss-reactive ketones (excluding diaryl/α,β-unsaturated/α-hetero) is 1. The second kappa shape index (κ2) is 5.62. The van der Waals surface area contributed by atoms with Gasteiger partial charge in [0.05, 0.1) is 6.61 Å². The summed E-state index contributed by atoms with van der Waals surface area (Å²) in [5.41, 5.74) is 0.611. The molecule has 1 aromatic rings. The Morgan fingerprint density at radius 3 is 3.00 bits per heavy atom. The first-order valence-corrected chi connectivity index (χ1v) is 6.00. The average Bonchev–Trinajstić information content (AvgIpc) is 2.76. The SMILES string of the molecule is O=Cc1cccc(OCCC2CCCC2=O)c1. The van der Waals surface area contributed by atoms with Gasteiger partial charge in [0.2, 0.25) is 0 Å².